The van der Waals surface area contributed by atoms with Gasteiger partial charge in [-0.25, -0.2) is 0 Å². The number of ether oxygens (including phenoxy) is 1. The van der Waals surface area contributed by atoms with Gasteiger partial charge in [0.05, 0.1) is 5.60 Å². The zero-order valence-corrected chi connectivity index (χ0v) is 19.6. The Kier molecular flexibility index (Phi) is 4.50. The molecule has 3 saturated carbocycles. The summed E-state index contributed by atoms with van der Waals surface area (Å²) >= 11 is 0. The molecule has 168 valence electrons. The molecule has 0 amide bonds. The molecule has 0 N–H and O–H groups in total. The van der Waals surface area contributed by atoms with Crippen LogP contribution >= 0.6 is 0 Å². The minimum Gasteiger partial charge on any atom is -0.374 e. The molecule has 6 atom stereocenters. The average Bonchev–Trinajstić information content (AvgIpc) is 3.43. The van der Waals surface area contributed by atoms with Crippen molar-refractivity contribution in [3.05, 3.63) is 58.2 Å². The lowest BCUT2D eigenvalue weighted by Gasteiger charge is -2.54. The Bertz CT molecular complexity index is 1060. The fourth-order valence-corrected chi connectivity index (χ4v) is 8.37. The number of carbonyl (C=O) groups is 2. The van der Waals surface area contributed by atoms with E-state index >= 15 is 0 Å². The van der Waals surface area contributed by atoms with Gasteiger partial charge >= 0.3 is 0 Å². The molecule has 3 nitrogen and oxygen atoms in total. The zero-order chi connectivity index (χ0) is 22.3. The molecule has 5 aliphatic carbocycles. The first kappa shape index (κ1) is 20.6. The fourth-order valence-electron chi connectivity index (χ4n) is 8.37. The summed E-state index contributed by atoms with van der Waals surface area (Å²) in [4.78, 5) is 24.1. The van der Waals surface area contributed by atoms with Gasteiger partial charge in [-0.2, -0.15) is 0 Å². The van der Waals surface area contributed by atoms with E-state index < -0.39 is 0 Å². The number of rotatable bonds is 4. The van der Waals surface area contributed by atoms with Crippen molar-refractivity contribution in [3.8, 4) is 0 Å². The predicted molar refractivity (Wildman–Crippen MR) is 125 cm³/mol. The SMILES string of the molecule is CCO[C@@]12C[C@@H]1C[C@H]1[C@@H]3CCC4=CC(=O)CCC4=C3[C@@H](c3ccc(C(C)=O)cc3)C[C@@]12C. The zero-order valence-electron chi connectivity index (χ0n) is 19.6. The third-order valence-electron chi connectivity index (χ3n) is 9.80. The number of ketones is 2. The molecule has 0 bridgehead atoms. The predicted octanol–water partition coefficient (Wildman–Crippen LogP) is 6.19. The lowest BCUT2D eigenvalue weighted by atomic mass is 9.51. The van der Waals surface area contributed by atoms with Crippen molar-refractivity contribution in [1.82, 2.24) is 0 Å². The summed E-state index contributed by atoms with van der Waals surface area (Å²) in [5, 5.41) is 0. The molecule has 0 aliphatic heterocycles. The van der Waals surface area contributed by atoms with Crippen LogP contribution in [-0.4, -0.2) is 23.8 Å². The van der Waals surface area contributed by atoms with E-state index in [2.05, 4.69) is 26.0 Å². The van der Waals surface area contributed by atoms with Gasteiger partial charge in [-0.1, -0.05) is 36.8 Å². The number of fused-ring (bicyclic) bond motifs is 6. The Morgan fingerprint density at radius 1 is 1.12 bits per heavy atom. The first-order valence-corrected chi connectivity index (χ1v) is 12.6. The van der Waals surface area contributed by atoms with Gasteiger partial charge in [-0.05, 0) is 92.9 Å². The third kappa shape index (κ3) is 2.70. The maximum absolute atomic E-state index is 12.2. The minimum absolute atomic E-state index is 0.0683. The second-order valence-electron chi connectivity index (χ2n) is 11.1. The van der Waals surface area contributed by atoms with E-state index in [0.717, 1.165) is 37.9 Å². The molecule has 1 aromatic carbocycles. The van der Waals surface area contributed by atoms with Crippen molar-refractivity contribution in [3.63, 3.8) is 0 Å². The second kappa shape index (κ2) is 7.00. The van der Waals surface area contributed by atoms with Gasteiger partial charge in [0.1, 0.15) is 0 Å². The van der Waals surface area contributed by atoms with Gasteiger partial charge in [0.25, 0.3) is 0 Å². The maximum Gasteiger partial charge on any atom is 0.159 e. The standard InChI is InChI=1S/C29H34O3/c1-4-32-29-15-21(29)14-26-24-11-9-20-13-22(31)10-12-23(20)27(24)25(16-28(26,29)3)19-7-5-18(6-8-19)17(2)30/h5-8,13,21,24-26H,4,9-12,14-16H2,1-3H3/t21-,24-,25+,26-,28-,29-/m0/s1. The van der Waals surface area contributed by atoms with E-state index in [0.29, 0.717) is 35.9 Å². The van der Waals surface area contributed by atoms with Gasteiger partial charge in [0.2, 0.25) is 0 Å². The van der Waals surface area contributed by atoms with E-state index in [9.17, 15) is 9.59 Å². The molecule has 5 aliphatic rings. The van der Waals surface area contributed by atoms with Crippen molar-refractivity contribution in [1.29, 1.82) is 0 Å². The van der Waals surface area contributed by atoms with Gasteiger partial charge in [-0.15, -0.1) is 0 Å². The molecule has 0 saturated heterocycles. The molecule has 3 heteroatoms. The smallest absolute Gasteiger partial charge is 0.159 e. The highest BCUT2D eigenvalue weighted by atomic mass is 16.5. The Labute approximate surface area is 191 Å². The lowest BCUT2D eigenvalue weighted by Crippen LogP contribution is -2.48. The number of hydrogen-bond acceptors (Lipinski definition) is 3. The van der Waals surface area contributed by atoms with Crippen LogP contribution in [0.2, 0.25) is 0 Å². The monoisotopic (exact) mass is 430 g/mol. The Hall–Kier alpha value is -2.00. The molecular formula is C29H34O3. The summed E-state index contributed by atoms with van der Waals surface area (Å²) in [6, 6.07) is 8.38. The molecule has 0 unspecified atom stereocenters. The number of Topliss-reactive ketones (excluding diaryl/α,β-unsaturated/α-hetero) is 1. The van der Waals surface area contributed by atoms with Crippen LogP contribution < -0.4 is 0 Å². The van der Waals surface area contributed by atoms with Crippen LogP contribution in [0.3, 0.4) is 0 Å². The number of benzene rings is 1. The van der Waals surface area contributed by atoms with Gasteiger partial charge in [0.15, 0.2) is 11.6 Å². The van der Waals surface area contributed by atoms with E-state index in [1.54, 1.807) is 12.5 Å². The van der Waals surface area contributed by atoms with Crippen LogP contribution in [0, 0.1) is 23.2 Å². The summed E-state index contributed by atoms with van der Waals surface area (Å²) in [6.07, 6.45) is 9.34. The number of allylic oxidation sites excluding steroid dienone is 4. The number of hydrogen-bond donors (Lipinski definition) is 0. The quantitative estimate of drug-likeness (QED) is 0.535. The first-order chi connectivity index (χ1) is 15.4. The number of carbonyl (C=O) groups excluding carboxylic acids is 2. The average molecular weight is 431 g/mol. The molecule has 0 spiro atoms. The highest BCUT2D eigenvalue weighted by molar-refractivity contribution is 5.94. The topological polar surface area (TPSA) is 43.4 Å². The lowest BCUT2D eigenvalue weighted by molar-refractivity contribution is -0.114. The molecule has 0 radical (unpaired) electrons. The van der Waals surface area contributed by atoms with Crippen LogP contribution in [0.4, 0.5) is 0 Å². The molecule has 1 aromatic rings. The van der Waals surface area contributed by atoms with Crippen LogP contribution in [0.5, 0.6) is 0 Å². The van der Waals surface area contributed by atoms with Gasteiger partial charge in [-0.3, -0.25) is 9.59 Å². The van der Waals surface area contributed by atoms with Crippen molar-refractivity contribution in [2.24, 2.45) is 23.2 Å². The van der Waals surface area contributed by atoms with Crippen molar-refractivity contribution in [2.75, 3.05) is 6.61 Å². The Balaban J connectivity index is 1.49. The Morgan fingerprint density at radius 2 is 1.91 bits per heavy atom. The fraction of sp³-hybridized carbons (Fsp3) is 0.586. The van der Waals surface area contributed by atoms with Gasteiger partial charge in [0, 0.05) is 29.9 Å². The molecule has 0 aromatic heterocycles. The summed E-state index contributed by atoms with van der Waals surface area (Å²) in [7, 11) is 0. The molecule has 3 fully saturated rings. The van der Waals surface area contributed by atoms with E-state index in [1.807, 2.05) is 18.2 Å². The molecule has 32 heavy (non-hydrogen) atoms. The largest absolute Gasteiger partial charge is 0.374 e. The highest BCUT2D eigenvalue weighted by Crippen LogP contribution is 2.77. The van der Waals surface area contributed by atoms with E-state index in [-0.39, 0.29) is 16.8 Å². The van der Waals surface area contributed by atoms with Crippen LogP contribution in [0.15, 0.2) is 47.1 Å². The van der Waals surface area contributed by atoms with Crippen LogP contribution in [-0.2, 0) is 9.53 Å². The summed E-state index contributed by atoms with van der Waals surface area (Å²) in [6.45, 7) is 7.10. The molecule has 0 heterocycles. The molecule has 6 rings (SSSR count). The van der Waals surface area contributed by atoms with Gasteiger partial charge < -0.3 is 4.74 Å². The second-order valence-corrected chi connectivity index (χ2v) is 11.1. The Morgan fingerprint density at radius 3 is 2.62 bits per heavy atom. The third-order valence-corrected chi connectivity index (χ3v) is 9.80. The highest BCUT2D eigenvalue weighted by Gasteiger charge is 2.75. The van der Waals surface area contributed by atoms with Crippen LogP contribution in [0.25, 0.3) is 0 Å². The summed E-state index contributed by atoms with van der Waals surface area (Å²) < 4.78 is 6.56. The van der Waals surface area contributed by atoms with Crippen LogP contribution in [0.1, 0.15) is 87.6 Å². The minimum atomic E-state index is 0.0683. The normalized spacial score (nSPS) is 39.6. The molecular weight excluding hydrogens is 396 g/mol. The van der Waals surface area contributed by atoms with E-state index in [1.165, 1.54) is 29.6 Å². The van der Waals surface area contributed by atoms with Crippen molar-refractivity contribution >= 4 is 11.6 Å². The maximum atomic E-state index is 12.2. The van der Waals surface area contributed by atoms with E-state index in [4.69, 9.17) is 4.74 Å². The summed E-state index contributed by atoms with van der Waals surface area (Å²) in [5.74, 6) is 2.76. The summed E-state index contributed by atoms with van der Waals surface area (Å²) in [5.41, 5.74) is 6.80. The van der Waals surface area contributed by atoms with Crippen molar-refractivity contribution < 1.29 is 14.3 Å². The van der Waals surface area contributed by atoms with Crippen molar-refractivity contribution in [2.45, 2.75) is 77.2 Å². The first-order valence-electron chi connectivity index (χ1n) is 12.6.